The maximum absolute atomic E-state index is 9.20. The summed E-state index contributed by atoms with van der Waals surface area (Å²) in [5, 5.41) is 9.20. The number of hydrogen-bond acceptors (Lipinski definition) is 3. The van der Waals surface area contributed by atoms with Crippen molar-refractivity contribution in [1.82, 2.24) is 0 Å². The van der Waals surface area contributed by atoms with Crippen LogP contribution in [0.1, 0.15) is 25.3 Å². The number of halogens is 1. The fourth-order valence-electron chi connectivity index (χ4n) is 2.44. The molecule has 1 aromatic rings. The number of rotatable bonds is 2. The minimum absolute atomic E-state index is 0.118. The van der Waals surface area contributed by atoms with Gasteiger partial charge in [0.1, 0.15) is 6.07 Å². The number of methoxy groups -OCH3 is 1. The van der Waals surface area contributed by atoms with E-state index in [1.807, 2.05) is 18.2 Å². The first-order valence-corrected chi connectivity index (χ1v) is 6.87. The number of piperidine rings is 1. The molecular weight excluding hydrogens is 292 g/mol. The maximum atomic E-state index is 9.20. The summed E-state index contributed by atoms with van der Waals surface area (Å²) in [6, 6.07) is 8.04. The van der Waals surface area contributed by atoms with E-state index >= 15 is 0 Å². The van der Waals surface area contributed by atoms with Gasteiger partial charge in [0, 0.05) is 24.7 Å². The van der Waals surface area contributed by atoms with Crippen molar-refractivity contribution in [3.8, 4) is 6.07 Å². The molecule has 4 heteroatoms. The highest BCUT2D eigenvalue weighted by Gasteiger charge is 2.31. The summed E-state index contributed by atoms with van der Waals surface area (Å²) in [7, 11) is 1.76. The molecular formula is C14H17BrN2O. The summed E-state index contributed by atoms with van der Waals surface area (Å²) < 4.78 is 6.60. The molecule has 1 aliphatic rings. The van der Waals surface area contributed by atoms with Gasteiger partial charge in [0.05, 0.1) is 16.9 Å². The smallest absolute Gasteiger partial charge is 0.101 e. The summed E-state index contributed by atoms with van der Waals surface area (Å²) in [4.78, 5) is 2.25. The highest BCUT2D eigenvalue weighted by Crippen LogP contribution is 2.31. The molecule has 0 radical (unpaired) electrons. The van der Waals surface area contributed by atoms with Gasteiger partial charge in [-0.25, -0.2) is 0 Å². The highest BCUT2D eigenvalue weighted by molar-refractivity contribution is 9.10. The van der Waals surface area contributed by atoms with Crippen molar-refractivity contribution in [3.63, 3.8) is 0 Å². The van der Waals surface area contributed by atoms with E-state index in [0.29, 0.717) is 0 Å². The molecule has 0 bridgehead atoms. The predicted octanol–water partition coefficient (Wildman–Crippen LogP) is 3.33. The van der Waals surface area contributed by atoms with E-state index in [9.17, 15) is 5.26 Å². The standard InChI is InChI=1S/C14H17BrN2O/c1-14(18-2)6-3-7-17(10-14)13-8-12(15)5-4-11(13)9-16/h4-5,8H,3,6-7,10H2,1-2H3. The van der Waals surface area contributed by atoms with Gasteiger partial charge in [0.25, 0.3) is 0 Å². The molecule has 1 saturated heterocycles. The van der Waals surface area contributed by atoms with Crippen LogP contribution in [0, 0.1) is 11.3 Å². The number of ether oxygens (including phenoxy) is 1. The van der Waals surface area contributed by atoms with Gasteiger partial charge in [-0.15, -0.1) is 0 Å². The fourth-order valence-corrected chi connectivity index (χ4v) is 2.79. The van der Waals surface area contributed by atoms with E-state index in [4.69, 9.17) is 4.74 Å². The molecule has 0 amide bonds. The van der Waals surface area contributed by atoms with Gasteiger partial charge in [-0.2, -0.15) is 5.26 Å². The Bertz CT molecular complexity index is 483. The van der Waals surface area contributed by atoms with E-state index in [1.165, 1.54) is 0 Å². The first kappa shape index (κ1) is 13.4. The minimum Gasteiger partial charge on any atom is -0.377 e. The Hall–Kier alpha value is -1.05. The van der Waals surface area contributed by atoms with Crippen LogP contribution in [-0.2, 0) is 4.74 Å². The Morgan fingerprint density at radius 3 is 2.94 bits per heavy atom. The van der Waals surface area contributed by atoms with Crippen molar-refractivity contribution in [1.29, 1.82) is 5.26 Å². The number of anilines is 1. The lowest BCUT2D eigenvalue weighted by Crippen LogP contribution is -2.47. The summed E-state index contributed by atoms with van der Waals surface area (Å²) in [6.45, 7) is 3.93. The third kappa shape index (κ3) is 2.68. The van der Waals surface area contributed by atoms with Crippen molar-refractivity contribution in [2.75, 3.05) is 25.1 Å². The van der Waals surface area contributed by atoms with Crippen LogP contribution in [-0.4, -0.2) is 25.8 Å². The normalized spacial score (nSPS) is 23.8. The molecule has 3 nitrogen and oxygen atoms in total. The van der Waals surface area contributed by atoms with Crippen LogP contribution in [0.5, 0.6) is 0 Å². The Balaban J connectivity index is 2.31. The van der Waals surface area contributed by atoms with Gasteiger partial charge in [0.15, 0.2) is 0 Å². The Kier molecular flexibility index (Phi) is 3.94. The first-order valence-electron chi connectivity index (χ1n) is 6.08. The van der Waals surface area contributed by atoms with Crippen molar-refractivity contribution in [2.45, 2.75) is 25.4 Å². The average Bonchev–Trinajstić information content (AvgIpc) is 2.39. The Morgan fingerprint density at radius 2 is 2.28 bits per heavy atom. The lowest BCUT2D eigenvalue weighted by atomic mass is 9.94. The average molecular weight is 309 g/mol. The van der Waals surface area contributed by atoms with Crippen LogP contribution in [0.3, 0.4) is 0 Å². The molecule has 0 saturated carbocycles. The van der Waals surface area contributed by atoms with Crippen molar-refractivity contribution < 1.29 is 4.74 Å². The van der Waals surface area contributed by atoms with Crippen LogP contribution in [0.4, 0.5) is 5.69 Å². The van der Waals surface area contributed by atoms with Gasteiger partial charge < -0.3 is 9.64 Å². The summed E-state index contributed by atoms with van der Waals surface area (Å²) >= 11 is 3.47. The molecule has 18 heavy (non-hydrogen) atoms. The second-order valence-corrected chi connectivity index (χ2v) is 5.87. The fraction of sp³-hybridized carbons (Fsp3) is 0.500. The quantitative estimate of drug-likeness (QED) is 0.841. The lowest BCUT2D eigenvalue weighted by molar-refractivity contribution is -0.00466. The summed E-state index contributed by atoms with van der Waals surface area (Å²) in [5.74, 6) is 0. The largest absolute Gasteiger partial charge is 0.377 e. The van der Waals surface area contributed by atoms with Crippen molar-refractivity contribution >= 4 is 21.6 Å². The molecule has 0 aliphatic carbocycles. The monoisotopic (exact) mass is 308 g/mol. The third-order valence-corrected chi connectivity index (χ3v) is 4.07. The molecule has 1 atom stereocenters. The van der Waals surface area contributed by atoms with E-state index in [-0.39, 0.29) is 5.60 Å². The molecule has 1 aromatic carbocycles. The summed E-state index contributed by atoms with van der Waals surface area (Å²) in [6.07, 6.45) is 2.15. The zero-order valence-electron chi connectivity index (χ0n) is 10.7. The van der Waals surface area contributed by atoms with Crippen molar-refractivity contribution in [2.24, 2.45) is 0 Å². The number of benzene rings is 1. The molecule has 96 valence electrons. The minimum atomic E-state index is -0.118. The second-order valence-electron chi connectivity index (χ2n) is 4.95. The maximum Gasteiger partial charge on any atom is 0.101 e. The molecule has 1 heterocycles. The first-order chi connectivity index (χ1) is 8.58. The van der Waals surface area contributed by atoms with E-state index < -0.39 is 0 Å². The topological polar surface area (TPSA) is 36.3 Å². The van der Waals surface area contributed by atoms with Crippen LogP contribution in [0.25, 0.3) is 0 Å². The van der Waals surface area contributed by atoms with Crippen LogP contribution in [0.2, 0.25) is 0 Å². The van der Waals surface area contributed by atoms with Crippen LogP contribution in [0.15, 0.2) is 22.7 Å². The zero-order chi connectivity index (χ0) is 13.2. The number of nitrogens with zero attached hydrogens (tertiary/aromatic N) is 2. The molecule has 0 spiro atoms. The third-order valence-electron chi connectivity index (χ3n) is 3.57. The molecule has 1 unspecified atom stereocenters. The molecule has 0 aromatic heterocycles. The second kappa shape index (κ2) is 5.29. The van der Waals surface area contributed by atoms with Crippen LogP contribution < -0.4 is 4.90 Å². The van der Waals surface area contributed by atoms with Gasteiger partial charge in [-0.1, -0.05) is 15.9 Å². The van der Waals surface area contributed by atoms with Crippen LogP contribution >= 0.6 is 15.9 Å². The molecule has 0 N–H and O–H groups in total. The Labute approximate surface area is 116 Å². The van der Waals surface area contributed by atoms with E-state index in [2.05, 4.69) is 33.8 Å². The van der Waals surface area contributed by atoms with Gasteiger partial charge in [-0.05, 0) is 38.0 Å². The number of hydrogen-bond donors (Lipinski definition) is 0. The summed E-state index contributed by atoms with van der Waals surface area (Å²) in [5.41, 5.74) is 1.60. The van der Waals surface area contributed by atoms with Gasteiger partial charge >= 0.3 is 0 Å². The number of nitriles is 1. The SMILES string of the molecule is COC1(C)CCCN(c2cc(Br)ccc2C#N)C1. The van der Waals surface area contributed by atoms with Gasteiger partial charge in [0.2, 0.25) is 0 Å². The zero-order valence-corrected chi connectivity index (χ0v) is 12.3. The van der Waals surface area contributed by atoms with Gasteiger partial charge in [-0.3, -0.25) is 0 Å². The molecule has 1 fully saturated rings. The van der Waals surface area contributed by atoms with Crippen molar-refractivity contribution in [3.05, 3.63) is 28.2 Å². The molecule has 1 aliphatic heterocycles. The lowest BCUT2D eigenvalue weighted by Gasteiger charge is -2.41. The molecule has 2 rings (SSSR count). The van der Waals surface area contributed by atoms with E-state index in [0.717, 1.165) is 41.7 Å². The van der Waals surface area contributed by atoms with E-state index in [1.54, 1.807) is 7.11 Å². The Morgan fingerprint density at radius 1 is 1.50 bits per heavy atom. The highest BCUT2D eigenvalue weighted by atomic mass is 79.9. The predicted molar refractivity (Wildman–Crippen MR) is 75.7 cm³/mol.